The van der Waals surface area contributed by atoms with Crippen LogP contribution in [0.2, 0.25) is 0 Å². The van der Waals surface area contributed by atoms with Gasteiger partial charge in [0.15, 0.2) is 5.82 Å². The molecule has 2 N–H and O–H groups in total. The summed E-state index contributed by atoms with van der Waals surface area (Å²) in [6.45, 7) is 4.37. The molecule has 27 heavy (non-hydrogen) atoms. The number of morpholine rings is 1. The zero-order valence-electron chi connectivity index (χ0n) is 15.1. The molecule has 0 spiro atoms. The second kappa shape index (κ2) is 7.69. The first-order valence-electron chi connectivity index (χ1n) is 8.90. The van der Waals surface area contributed by atoms with Crippen LogP contribution in [-0.2, 0) is 4.74 Å². The molecule has 0 bridgehead atoms. The van der Waals surface area contributed by atoms with Crippen molar-refractivity contribution in [3.63, 3.8) is 0 Å². The molecule has 1 amide bonds. The number of rotatable bonds is 4. The first-order chi connectivity index (χ1) is 13.2. The number of aromatic nitrogens is 3. The highest BCUT2D eigenvalue weighted by Crippen LogP contribution is 2.21. The molecule has 3 aromatic rings. The van der Waals surface area contributed by atoms with Gasteiger partial charge in [0.25, 0.3) is 5.91 Å². The quantitative estimate of drug-likeness (QED) is 0.744. The first kappa shape index (κ1) is 17.4. The van der Waals surface area contributed by atoms with Crippen LogP contribution in [0.15, 0.2) is 55.0 Å². The average molecular weight is 363 g/mol. The molecule has 1 aliphatic heterocycles. The minimum atomic E-state index is -0.211. The fourth-order valence-electron chi connectivity index (χ4n) is 2.92. The standard InChI is InChI=1S/C20H21N5O2/c1-14-2-7-19(22-10-14)25-13-16(11-23-25)20(26)24-17-5-3-15(4-6-17)18-12-21-8-9-27-18/h2-7,10-11,13,18,21H,8-9,12H2,1H3,(H,24,26)/t18-/m1/s1. The summed E-state index contributed by atoms with van der Waals surface area (Å²) in [5, 5.41) is 10.4. The van der Waals surface area contributed by atoms with Gasteiger partial charge in [-0.25, -0.2) is 9.67 Å². The van der Waals surface area contributed by atoms with Gasteiger partial charge in [-0.15, -0.1) is 0 Å². The molecular weight excluding hydrogens is 342 g/mol. The fraction of sp³-hybridized carbons (Fsp3) is 0.250. The molecule has 7 nitrogen and oxygen atoms in total. The minimum absolute atomic E-state index is 0.0590. The Labute approximate surface area is 157 Å². The van der Waals surface area contributed by atoms with Gasteiger partial charge < -0.3 is 15.4 Å². The number of nitrogens with one attached hydrogen (secondary N) is 2. The number of aryl methyl sites for hydroxylation is 1. The molecule has 138 valence electrons. The van der Waals surface area contributed by atoms with Gasteiger partial charge in [-0.1, -0.05) is 18.2 Å². The molecule has 0 unspecified atom stereocenters. The van der Waals surface area contributed by atoms with E-state index in [0.29, 0.717) is 18.0 Å². The zero-order chi connectivity index (χ0) is 18.6. The summed E-state index contributed by atoms with van der Waals surface area (Å²) >= 11 is 0. The summed E-state index contributed by atoms with van der Waals surface area (Å²) in [4.78, 5) is 16.8. The SMILES string of the molecule is Cc1ccc(-n2cc(C(=O)Nc3ccc([C@H]4CNCCO4)cc3)cn2)nc1. The maximum Gasteiger partial charge on any atom is 0.258 e. The number of amides is 1. The van der Waals surface area contributed by atoms with E-state index in [1.807, 2.05) is 43.3 Å². The Morgan fingerprint density at radius 2 is 2.07 bits per heavy atom. The van der Waals surface area contributed by atoms with Gasteiger partial charge >= 0.3 is 0 Å². The van der Waals surface area contributed by atoms with Gasteiger partial charge in [0, 0.05) is 31.2 Å². The lowest BCUT2D eigenvalue weighted by Crippen LogP contribution is -2.33. The molecule has 2 aromatic heterocycles. The van der Waals surface area contributed by atoms with E-state index in [1.54, 1.807) is 17.1 Å². The Balaban J connectivity index is 1.42. The molecule has 0 radical (unpaired) electrons. The third kappa shape index (κ3) is 4.05. The van der Waals surface area contributed by atoms with Crippen LogP contribution in [0.4, 0.5) is 5.69 Å². The highest BCUT2D eigenvalue weighted by atomic mass is 16.5. The van der Waals surface area contributed by atoms with Crippen LogP contribution in [-0.4, -0.2) is 40.4 Å². The third-order valence-corrected chi connectivity index (χ3v) is 4.44. The summed E-state index contributed by atoms with van der Waals surface area (Å²) in [7, 11) is 0. The number of anilines is 1. The van der Waals surface area contributed by atoms with E-state index in [0.717, 1.165) is 29.9 Å². The Bertz CT molecular complexity index is 912. The van der Waals surface area contributed by atoms with E-state index in [2.05, 4.69) is 20.7 Å². The molecule has 1 aromatic carbocycles. The smallest absolute Gasteiger partial charge is 0.258 e. The molecule has 4 rings (SSSR count). The van der Waals surface area contributed by atoms with Gasteiger partial charge in [-0.05, 0) is 36.2 Å². The Hall–Kier alpha value is -3.03. The van der Waals surface area contributed by atoms with Crippen LogP contribution in [0, 0.1) is 6.92 Å². The number of pyridine rings is 1. The Morgan fingerprint density at radius 3 is 2.78 bits per heavy atom. The molecule has 0 saturated carbocycles. The van der Waals surface area contributed by atoms with Crippen LogP contribution in [0.1, 0.15) is 27.6 Å². The molecule has 1 saturated heterocycles. The van der Waals surface area contributed by atoms with Crippen molar-refractivity contribution in [2.45, 2.75) is 13.0 Å². The largest absolute Gasteiger partial charge is 0.371 e. The second-order valence-electron chi connectivity index (χ2n) is 6.51. The predicted octanol–water partition coefficient (Wildman–Crippen LogP) is 2.49. The summed E-state index contributed by atoms with van der Waals surface area (Å²) in [5.41, 5.74) is 3.37. The van der Waals surface area contributed by atoms with Gasteiger partial charge in [0.2, 0.25) is 0 Å². The monoisotopic (exact) mass is 363 g/mol. The molecule has 1 atom stereocenters. The number of carbonyl (C=O) groups excluding carboxylic acids is 1. The lowest BCUT2D eigenvalue weighted by molar-refractivity contribution is 0.0277. The summed E-state index contributed by atoms with van der Waals surface area (Å²) < 4.78 is 7.33. The van der Waals surface area contributed by atoms with Crippen molar-refractivity contribution >= 4 is 11.6 Å². The van der Waals surface area contributed by atoms with Crippen molar-refractivity contribution in [2.75, 3.05) is 25.0 Å². The fourth-order valence-corrected chi connectivity index (χ4v) is 2.92. The lowest BCUT2D eigenvalue weighted by Gasteiger charge is -2.24. The van der Waals surface area contributed by atoms with Crippen LogP contribution >= 0.6 is 0 Å². The van der Waals surface area contributed by atoms with E-state index in [-0.39, 0.29) is 12.0 Å². The van der Waals surface area contributed by atoms with E-state index >= 15 is 0 Å². The lowest BCUT2D eigenvalue weighted by atomic mass is 10.1. The molecule has 1 fully saturated rings. The molecule has 1 aliphatic rings. The van der Waals surface area contributed by atoms with Gasteiger partial charge in [-0.2, -0.15) is 5.10 Å². The van der Waals surface area contributed by atoms with Crippen molar-refractivity contribution in [3.05, 3.63) is 71.7 Å². The van der Waals surface area contributed by atoms with Crippen LogP contribution in [0.5, 0.6) is 0 Å². The number of ether oxygens (including phenoxy) is 1. The zero-order valence-corrected chi connectivity index (χ0v) is 15.1. The van der Waals surface area contributed by atoms with Crippen molar-refractivity contribution in [2.24, 2.45) is 0 Å². The molecule has 7 heteroatoms. The topological polar surface area (TPSA) is 81.1 Å². The second-order valence-corrected chi connectivity index (χ2v) is 6.51. The first-order valence-corrected chi connectivity index (χ1v) is 8.90. The maximum absolute atomic E-state index is 12.5. The van der Waals surface area contributed by atoms with Crippen molar-refractivity contribution < 1.29 is 9.53 Å². The van der Waals surface area contributed by atoms with Gasteiger partial charge in [0.1, 0.15) is 0 Å². The minimum Gasteiger partial charge on any atom is -0.371 e. The van der Waals surface area contributed by atoms with Crippen LogP contribution < -0.4 is 10.6 Å². The number of hydrogen-bond acceptors (Lipinski definition) is 5. The van der Waals surface area contributed by atoms with Crippen molar-refractivity contribution in [3.8, 4) is 5.82 Å². The summed E-state index contributed by atoms with van der Waals surface area (Å²) in [6.07, 6.45) is 5.03. The van der Waals surface area contributed by atoms with E-state index in [9.17, 15) is 4.79 Å². The summed E-state index contributed by atoms with van der Waals surface area (Å²) in [5.74, 6) is 0.460. The normalized spacial score (nSPS) is 16.9. The number of hydrogen-bond donors (Lipinski definition) is 2. The molecule has 0 aliphatic carbocycles. The van der Waals surface area contributed by atoms with Crippen molar-refractivity contribution in [1.82, 2.24) is 20.1 Å². The predicted molar refractivity (Wildman–Crippen MR) is 102 cm³/mol. The van der Waals surface area contributed by atoms with E-state index in [4.69, 9.17) is 4.74 Å². The Morgan fingerprint density at radius 1 is 1.22 bits per heavy atom. The van der Waals surface area contributed by atoms with E-state index < -0.39 is 0 Å². The Kier molecular flexibility index (Phi) is 4.95. The number of nitrogens with zero attached hydrogens (tertiary/aromatic N) is 3. The molecule has 3 heterocycles. The summed E-state index contributed by atoms with van der Waals surface area (Å²) in [6, 6.07) is 11.6. The van der Waals surface area contributed by atoms with Gasteiger partial charge in [0.05, 0.1) is 24.5 Å². The van der Waals surface area contributed by atoms with Crippen LogP contribution in [0.25, 0.3) is 5.82 Å². The third-order valence-electron chi connectivity index (χ3n) is 4.44. The number of carbonyl (C=O) groups is 1. The maximum atomic E-state index is 12.5. The van der Waals surface area contributed by atoms with Crippen LogP contribution in [0.3, 0.4) is 0 Å². The highest BCUT2D eigenvalue weighted by molar-refractivity contribution is 6.03. The molecular formula is C20H21N5O2. The highest BCUT2D eigenvalue weighted by Gasteiger charge is 2.16. The van der Waals surface area contributed by atoms with E-state index in [1.165, 1.54) is 6.20 Å². The van der Waals surface area contributed by atoms with Gasteiger partial charge in [-0.3, -0.25) is 4.79 Å². The number of benzene rings is 1. The van der Waals surface area contributed by atoms with Crippen molar-refractivity contribution in [1.29, 1.82) is 0 Å². The average Bonchev–Trinajstić information content (AvgIpc) is 3.20.